The molecule has 6 aromatic carbocycles. The van der Waals surface area contributed by atoms with Crippen molar-refractivity contribution in [2.45, 2.75) is 52.4 Å². The Morgan fingerprint density at radius 2 is 0.977 bits per heavy atom. The number of hydrogen-bond acceptors (Lipinski definition) is 0. The zero-order valence-electron chi connectivity index (χ0n) is 26.1. The Balaban J connectivity index is 0.000000175. The molecule has 0 spiro atoms. The van der Waals surface area contributed by atoms with Crippen LogP contribution in [0.15, 0.2) is 121 Å². The van der Waals surface area contributed by atoms with Crippen LogP contribution in [0.3, 0.4) is 0 Å². The van der Waals surface area contributed by atoms with E-state index in [0.717, 1.165) is 14.3 Å². The SMILES string of the molecule is CC(C)(C)c1ccc2c(c1)[cH-]c1cc(C(C)(C)C)ccc12.[Cl][Zr]([Cl])=[C](c1ccc(I)cc1)c1ccc(I)cc1.c1cc[cH-]c1. The van der Waals surface area contributed by atoms with Crippen LogP contribution < -0.4 is 0 Å². The van der Waals surface area contributed by atoms with E-state index in [1.807, 2.05) is 30.3 Å². The van der Waals surface area contributed by atoms with Gasteiger partial charge in [0.05, 0.1) is 0 Å². The van der Waals surface area contributed by atoms with E-state index >= 15 is 0 Å². The first-order valence-electron chi connectivity index (χ1n) is 14.6. The van der Waals surface area contributed by atoms with Gasteiger partial charge < -0.3 is 0 Å². The molecule has 6 aromatic rings. The summed E-state index contributed by atoms with van der Waals surface area (Å²) in [5, 5.41) is 5.48. The number of rotatable bonds is 2. The largest absolute Gasteiger partial charge is 0.214 e. The molecule has 0 heterocycles. The molecule has 0 radical (unpaired) electrons. The summed E-state index contributed by atoms with van der Waals surface area (Å²) in [6, 6.07) is 42.9. The van der Waals surface area contributed by atoms with E-state index in [9.17, 15) is 0 Å². The zero-order chi connectivity index (χ0) is 32.1. The Hall–Kier alpha value is -1.11. The third-order valence-electron chi connectivity index (χ3n) is 7.45. The van der Waals surface area contributed by atoms with E-state index in [1.165, 1.54) is 39.8 Å². The van der Waals surface area contributed by atoms with Crippen LogP contribution in [0.2, 0.25) is 0 Å². The fraction of sp³-hybridized carbons (Fsp3) is 0.205. The van der Waals surface area contributed by atoms with Crippen LogP contribution in [0.25, 0.3) is 21.5 Å². The standard InChI is InChI=1S/C21H25.C13H8I2.C5H5.2ClH.Zr/c1-20(2,3)16-7-9-18-14(12-16)11-15-13-17(21(4,5)6)8-10-19(15)18;14-12-5-1-10(2-6-12)9-11-3-7-13(15)8-4-11;1-2-4-5-3-1;;;/h7-13H,1-6H3;1-8H;1-5H;2*1H;/q-1;;-1;;;+2/p-2. The fourth-order valence-electron chi connectivity index (χ4n) is 4.89. The summed E-state index contributed by atoms with van der Waals surface area (Å²) >= 11 is 2.11. The van der Waals surface area contributed by atoms with Gasteiger partial charge in [-0.05, 0) is 10.8 Å². The number of hydrogen-bond donors (Lipinski definition) is 0. The van der Waals surface area contributed by atoms with Crippen molar-refractivity contribution in [1.29, 1.82) is 0 Å². The summed E-state index contributed by atoms with van der Waals surface area (Å²) in [5.74, 6) is 0. The molecule has 0 nitrogen and oxygen atoms in total. The molecule has 0 unspecified atom stereocenters. The van der Waals surface area contributed by atoms with Gasteiger partial charge in [0, 0.05) is 0 Å². The van der Waals surface area contributed by atoms with Gasteiger partial charge in [-0.15, -0.1) is 39.7 Å². The molecule has 0 saturated carbocycles. The Morgan fingerprint density at radius 1 is 0.591 bits per heavy atom. The van der Waals surface area contributed by atoms with Crippen LogP contribution in [0.4, 0.5) is 0 Å². The Morgan fingerprint density at radius 3 is 1.27 bits per heavy atom. The summed E-state index contributed by atoms with van der Waals surface area (Å²) in [5.41, 5.74) is 5.51. The second-order valence-corrected chi connectivity index (χ2v) is 23.5. The monoisotopic (exact) mass is 920 g/mol. The van der Waals surface area contributed by atoms with Crippen molar-refractivity contribution in [2.75, 3.05) is 0 Å². The zero-order valence-corrected chi connectivity index (χ0v) is 34.3. The van der Waals surface area contributed by atoms with Gasteiger partial charge in [-0.2, -0.15) is 18.2 Å². The van der Waals surface area contributed by atoms with Crippen LogP contribution in [0.5, 0.6) is 0 Å². The van der Waals surface area contributed by atoms with Crippen LogP contribution in [0.1, 0.15) is 63.8 Å². The van der Waals surface area contributed by atoms with Crippen molar-refractivity contribution in [3.8, 4) is 0 Å². The number of halogens is 4. The molecule has 6 rings (SSSR count). The topological polar surface area (TPSA) is 0 Å². The summed E-state index contributed by atoms with van der Waals surface area (Å²) in [7, 11) is 12.6. The van der Waals surface area contributed by atoms with Crippen molar-refractivity contribution in [1.82, 2.24) is 0 Å². The Kier molecular flexibility index (Phi) is 12.7. The van der Waals surface area contributed by atoms with Gasteiger partial charge >= 0.3 is 151 Å². The summed E-state index contributed by atoms with van der Waals surface area (Å²) in [6.07, 6.45) is 0. The first-order chi connectivity index (χ1) is 20.7. The minimum atomic E-state index is -2.49. The molecule has 44 heavy (non-hydrogen) atoms. The Labute approximate surface area is 305 Å². The molecule has 0 aliphatic carbocycles. The minimum Gasteiger partial charge on any atom is -0.214 e. The van der Waals surface area contributed by atoms with Crippen molar-refractivity contribution in [3.63, 3.8) is 0 Å². The van der Waals surface area contributed by atoms with Crippen molar-refractivity contribution >= 4 is 87.0 Å². The van der Waals surface area contributed by atoms with Gasteiger partial charge in [-0.1, -0.05) is 76.9 Å². The maximum atomic E-state index is 6.31. The van der Waals surface area contributed by atoms with Gasteiger partial charge in [-0.25, -0.2) is 12.1 Å². The first kappa shape index (κ1) is 35.7. The molecule has 0 saturated heterocycles. The van der Waals surface area contributed by atoms with E-state index < -0.39 is 18.9 Å². The molecule has 0 aliphatic heterocycles. The van der Waals surface area contributed by atoms with Crippen LogP contribution >= 0.6 is 62.2 Å². The third-order valence-corrected chi connectivity index (χ3v) is 13.5. The molecule has 0 fully saturated rings. The van der Waals surface area contributed by atoms with Crippen LogP contribution in [-0.2, 0) is 29.7 Å². The maximum absolute atomic E-state index is 6.31. The van der Waals surface area contributed by atoms with Gasteiger partial charge in [0.2, 0.25) is 0 Å². The summed E-state index contributed by atoms with van der Waals surface area (Å²) in [6.45, 7) is 13.6. The molecule has 0 bridgehead atoms. The van der Waals surface area contributed by atoms with Crippen molar-refractivity contribution in [2.24, 2.45) is 0 Å². The average molecular weight is 923 g/mol. The van der Waals surface area contributed by atoms with E-state index in [4.69, 9.17) is 17.0 Å². The molecular formula is C39H38Cl2I2Zr-2. The van der Waals surface area contributed by atoms with Crippen molar-refractivity contribution in [3.05, 3.63) is 151 Å². The normalized spacial score (nSPS) is 11.4. The molecule has 0 atom stereocenters. The molecular weight excluding hydrogens is 884 g/mol. The van der Waals surface area contributed by atoms with Crippen LogP contribution in [0, 0.1) is 7.14 Å². The van der Waals surface area contributed by atoms with Gasteiger partial charge in [-0.3, -0.25) is 0 Å². The predicted molar refractivity (Wildman–Crippen MR) is 210 cm³/mol. The summed E-state index contributed by atoms with van der Waals surface area (Å²) < 4.78 is 3.58. The van der Waals surface area contributed by atoms with E-state index in [1.54, 1.807) is 0 Å². The van der Waals surface area contributed by atoms with E-state index in [-0.39, 0.29) is 10.8 Å². The predicted octanol–water partition coefficient (Wildman–Crippen LogP) is 13.1. The molecule has 5 heteroatoms. The number of benzene rings is 4. The van der Waals surface area contributed by atoms with Crippen molar-refractivity contribution < 1.29 is 18.9 Å². The second kappa shape index (κ2) is 15.7. The van der Waals surface area contributed by atoms with Crippen LogP contribution in [-0.4, -0.2) is 3.21 Å². The maximum Gasteiger partial charge on any atom is -0.172 e. The van der Waals surface area contributed by atoms with Gasteiger partial charge in [0.15, 0.2) is 0 Å². The number of fused-ring (bicyclic) bond motifs is 3. The molecule has 0 aliphatic rings. The molecule has 0 aromatic heterocycles. The smallest absolute Gasteiger partial charge is 0.172 e. The van der Waals surface area contributed by atoms with E-state index in [2.05, 4.69) is 178 Å². The third kappa shape index (κ3) is 9.70. The first-order valence-corrected chi connectivity index (χ1v) is 24.3. The Bertz CT molecular complexity index is 1700. The van der Waals surface area contributed by atoms with E-state index in [0.29, 0.717) is 0 Å². The average Bonchev–Trinajstić information content (AvgIpc) is 3.66. The molecule has 0 amide bonds. The molecule has 228 valence electrons. The quantitative estimate of drug-likeness (QED) is 0.120. The summed E-state index contributed by atoms with van der Waals surface area (Å²) in [4.78, 5) is 0. The fourth-order valence-corrected chi connectivity index (χ4v) is 10.1. The van der Waals surface area contributed by atoms with Gasteiger partial charge in [0.25, 0.3) is 0 Å². The molecule has 0 N–H and O–H groups in total. The minimum absolute atomic E-state index is 0.203. The van der Waals surface area contributed by atoms with Gasteiger partial charge in [0.1, 0.15) is 0 Å². The second-order valence-electron chi connectivity index (χ2n) is 12.9.